The minimum Gasteiger partial charge on any atom is -0.496 e. The normalized spacial score (nSPS) is 32.3. The third-order valence-corrected chi connectivity index (χ3v) is 10.4. The zero-order chi connectivity index (χ0) is 37.1. The number of hydrogen-bond acceptors (Lipinski definition) is 11. The van der Waals surface area contributed by atoms with Crippen molar-refractivity contribution in [3.63, 3.8) is 0 Å². The van der Waals surface area contributed by atoms with E-state index in [1.54, 1.807) is 40.2 Å². The molecule has 0 aliphatic carbocycles. The highest BCUT2D eigenvalue weighted by Gasteiger charge is 2.64. The largest absolute Gasteiger partial charge is 0.496 e. The molecular formula is C36H51N3O10S. The molecule has 13 nitrogen and oxygen atoms in total. The fraction of sp³-hybridized carbons (Fsp3) is 0.611. The molecule has 0 aromatic heterocycles. The number of anilines is 1. The first kappa shape index (κ1) is 39.2. The Kier molecular flexibility index (Phi) is 12.3. The predicted octanol–water partition coefficient (Wildman–Crippen LogP) is 3.49. The van der Waals surface area contributed by atoms with Crippen LogP contribution < -0.4 is 15.0 Å². The van der Waals surface area contributed by atoms with Gasteiger partial charge in [0.1, 0.15) is 35.7 Å². The summed E-state index contributed by atoms with van der Waals surface area (Å²) < 4.78 is 29.3. The van der Waals surface area contributed by atoms with E-state index < -0.39 is 59.8 Å². The number of carbonyl (C=O) groups is 4. The molecule has 8 atom stereocenters. The van der Waals surface area contributed by atoms with Crippen molar-refractivity contribution < 1.29 is 48.0 Å². The van der Waals surface area contributed by atoms with Crippen molar-refractivity contribution in [2.75, 3.05) is 39.0 Å². The first-order valence-electron chi connectivity index (χ1n) is 16.8. The number of amides is 3. The molecule has 0 spiro atoms. The van der Waals surface area contributed by atoms with E-state index in [1.807, 2.05) is 39.0 Å². The second kappa shape index (κ2) is 15.7. The van der Waals surface area contributed by atoms with E-state index >= 15 is 0 Å². The molecule has 4 rings (SSSR count). The van der Waals surface area contributed by atoms with Gasteiger partial charge in [-0.25, -0.2) is 9.59 Å². The maximum atomic E-state index is 14.1. The lowest BCUT2D eigenvalue weighted by Gasteiger charge is -2.42. The zero-order valence-corrected chi connectivity index (χ0v) is 31.2. The molecule has 3 amide bonds. The number of nitrogens with zero attached hydrogens (tertiary/aromatic N) is 2. The smallest absolute Gasteiger partial charge is 0.409 e. The molecule has 0 unspecified atom stereocenters. The number of nitrogens with one attached hydrogen (secondary N) is 1. The zero-order valence-electron chi connectivity index (χ0n) is 30.3. The number of epoxide rings is 1. The summed E-state index contributed by atoms with van der Waals surface area (Å²) in [5.74, 6) is -0.912. The number of allylic oxidation sites excluding steroid dienone is 3. The lowest BCUT2D eigenvalue weighted by molar-refractivity contribution is -0.162. The van der Waals surface area contributed by atoms with Gasteiger partial charge in [-0.05, 0) is 57.6 Å². The molecule has 0 saturated carbocycles. The SMILES string of the molecule is COc1cc2cc(c1C)N(C)C(=O)C[C@H](OC(=O)[C@H](C)N(C)C(=O)CCS)[C@]1(C)O[C@H]1[C@H](C)[C@@H]1C[C@@](O)(NC(=O)O1)[C@H](OC)/C=C/C=C(\C)C2. The van der Waals surface area contributed by atoms with Crippen molar-refractivity contribution in [2.45, 2.75) is 102 Å². The Morgan fingerprint density at radius 3 is 2.58 bits per heavy atom. The molecule has 50 heavy (non-hydrogen) atoms. The summed E-state index contributed by atoms with van der Waals surface area (Å²) in [5, 5.41) is 14.2. The Hall–Kier alpha value is -3.59. The molecule has 3 aliphatic heterocycles. The molecule has 0 radical (unpaired) electrons. The third kappa shape index (κ3) is 8.30. The molecule has 3 heterocycles. The first-order valence-corrected chi connectivity index (χ1v) is 17.4. The number of alkyl carbamates (subject to hydrolysis) is 1. The van der Waals surface area contributed by atoms with Crippen LogP contribution in [0.4, 0.5) is 10.5 Å². The van der Waals surface area contributed by atoms with Crippen molar-refractivity contribution in [1.82, 2.24) is 10.2 Å². The van der Waals surface area contributed by atoms with Gasteiger partial charge in [0.15, 0.2) is 5.72 Å². The Bertz CT molecular complexity index is 1530. The number of rotatable bonds is 7. The molecule has 3 aliphatic rings. The average Bonchev–Trinajstić information content (AvgIpc) is 3.76. The summed E-state index contributed by atoms with van der Waals surface area (Å²) in [6.45, 7) is 8.92. The van der Waals surface area contributed by atoms with E-state index in [1.165, 1.54) is 24.0 Å². The number of fused-ring (bicyclic) bond motifs is 5. The molecule has 2 saturated heterocycles. The number of benzene rings is 1. The van der Waals surface area contributed by atoms with Crippen LogP contribution in [-0.2, 0) is 39.8 Å². The van der Waals surface area contributed by atoms with E-state index in [0.717, 1.165) is 16.7 Å². The number of carbonyl (C=O) groups excluding carboxylic acids is 4. The summed E-state index contributed by atoms with van der Waals surface area (Å²) in [7, 11) is 6.18. The van der Waals surface area contributed by atoms with Crippen LogP contribution >= 0.6 is 12.6 Å². The van der Waals surface area contributed by atoms with E-state index in [-0.39, 0.29) is 31.1 Å². The highest BCUT2D eigenvalue weighted by atomic mass is 32.1. The van der Waals surface area contributed by atoms with Crippen LogP contribution in [0.3, 0.4) is 0 Å². The molecule has 2 fully saturated rings. The highest BCUT2D eigenvalue weighted by molar-refractivity contribution is 7.80. The fourth-order valence-electron chi connectivity index (χ4n) is 6.75. The summed E-state index contributed by atoms with van der Waals surface area (Å²) in [6.07, 6.45) is 1.42. The van der Waals surface area contributed by atoms with Crippen LogP contribution in [0.1, 0.15) is 58.1 Å². The molecule has 2 N–H and O–H groups in total. The van der Waals surface area contributed by atoms with Gasteiger partial charge in [-0.15, -0.1) is 0 Å². The second-order valence-corrected chi connectivity index (χ2v) is 14.1. The Morgan fingerprint density at radius 2 is 1.94 bits per heavy atom. The first-order chi connectivity index (χ1) is 23.5. The van der Waals surface area contributed by atoms with E-state index in [0.29, 0.717) is 23.6 Å². The molecule has 1 aromatic carbocycles. The maximum Gasteiger partial charge on any atom is 0.409 e. The van der Waals surface area contributed by atoms with Crippen LogP contribution in [-0.4, -0.2) is 110 Å². The van der Waals surface area contributed by atoms with Crippen LogP contribution in [0, 0.1) is 12.8 Å². The summed E-state index contributed by atoms with van der Waals surface area (Å²) >= 11 is 4.13. The second-order valence-electron chi connectivity index (χ2n) is 13.7. The Morgan fingerprint density at radius 1 is 1.24 bits per heavy atom. The number of hydrogen-bond donors (Lipinski definition) is 3. The molecule has 276 valence electrons. The van der Waals surface area contributed by atoms with Gasteiger partial charge in [-0.1, -0.05) is 30.7 Å². The van der Waals surface area contributed by atoms with Gasteiger partial charge in [-0.3, -0.25) is 14.9 Å². The average molecular weight is 718 g/mol. The standard InChI is InChI=1S/C36H51N3O10S/c1-20-11-10-12-28(46-9)36(44)19-27(47-34(43)37-36)22(3)32-35(5,49-32)29(48-33(42)23(4)38(6)30(40)13-14-50)18-31(41)39(7)25-16-24(15-20)17-26(45-8)21(25)2/h10-12,16-17,22-23,27-29,32,44,50H,13-15,18-19H2,1-9H3,(H,37,43)/b12-10+,20-11+/t22-,23+,27+,28-,29+,32+,35+,36+/m1/s1. The molecule has 1 aromatic rings. The number of ether oxygens (including phenoxy) is 5. The van der Waals surface area contributed by atoms with Gasteiger partial charge < -0.3 is 38.6 Å². The van der Waals surface area contributed by atoms with E-state index in [9.17, 15) is 24.3 Å². The number of methoxy groups -OCH3 is 2. The van der Waals surface area contributed by atoms with Crippen molar-refractivity contribution >= 4 is 42.2 Å². The maximum absolute atomic E-state index is 14.1. The van der Waals surface area contributed by atoms with Gasteiger partial charge in [-0.2, -0.15) is 12.6 Å². The quantitative estimate of drug-likeness (QED) is 0.217. The number of esters is 1. The number of likely N-dealkylation sites (N-methyl/N-ethyl adjacent to an activating group) is 1. The van der Waals surface area contributed by atoms with Crippen LogP contribution in [0.2, 0.25) is 0 Å². The molecule has 4 bridgehead atoms. The minimum atomic E-state index is -1.81. The van der Waals surface area contributed by atoms with Gasteiger partial charge >= 0.3 is 12.1 Å². The van der Waals surface area contributed by atoms with Gasteiger partial charge in [0, 0.05) is 45.5 Å². The summed E-state index contributed by atoms with van der Waals surface area (Å²) in [5.41, 5.74) is 0.261. The van der Waals surface area contributed by atoms with E-state index in [4.69, 9.17) is 23.7 Å². The topological polar surface area (TPSA) is 156 Å². The number of thiol groups is 1. The van der Waals surface area contributed by atoms with Gasteiger partial charge in [0.25, 0.3) is 0 Å². The lowest BCUT2D eigenvalue weighted by Crippen LogP contribution is -2.63. The summed E-state index contributed by atoms with van der Waals surface area (Å²) in [4.78, 5) is 55.9. The monoisotopic (exact) mass is 717 g/mol. The molecule has 14 heteroatoms. The Labute approximate surface area is 299 Å². The minimum absolute atomic E-state index is 0.0342. The van der Waals surface area contributed by atoms with Crippen molar-refractivity contribution in [3.8, 4) is 5.75 Å². The van der Waals surface area contributed by atoms with Crippen molar-refractivity contribution in [1.29, 1.82) is 0 Å². The number of aliphatic hydroxyl groups is 1. The van der Waals surface area contributed by atoms with Crippen LogP contribution in [0.15, 0.2) is 35.9 Å². The van der Waals surface area contributed by atoms with E-state index in [2.05, 4.69) is 17.9 Å². The van der Waals surface area contributed by atoms with Crippen molar-refractivity contribution in [3.05, 3.63) is 47.1 Å². The lowest BCUT2D eigenvalue weighted by atomic mass is 9.83. The Balaban J connectivity index is 1.78. The van der Waals surface area contributed by atoms with Crippen LogP contribution in [0.5, 0.6) is 5.75 Å². The third-order valence-electron chi connectivity index (χ3n) is 10.2. The molecular weight excluding hydrogens is 666 g/mol. The predicted molar refractivity (Wildman–Crippen MR) is 189 cm³/mol. The van der Waals surface area contributed by atoms with Gasteiger partial charge in [0.2, 0.25) is 11.8 Å². The van der Waals surface area contributed by atoms with Crippen LogP contribution in [0.25, 0.3) is 0 Å². The summed E-state index contributed by atoms with van der Waals surface area (Å²) in [6, 6.07) is 2.89. The van der Waals surface area contributed by atoms with Gasteiger partial charge in [0.05, 0.1) is 25.3 Å². The highest BCUT2D eigenvalue weighted by Crippen LogP contribution is 2.49. The fourth-order valence-corrected chi connectivity index (χ4v) is 6.94. The van der Waals surface area contributed by atoms with Crippen molar-refractivity contribution in [2.24, 2.45) is 5.92 Å².